The third-order valence-corrected chi connectivity index (χ3v) is 2.86. The van der Waals surface area contributed by atoms with Crippen molar-refractivity contribution in [2.75, 3.05) is 0 Å². The SMILES string of the molecule is Cc1cc(C)cc(CNCc2cn[nH]c2C)c1. The number of nitrogens with zero attached hydrogens (tertiary/aromatic N) is 1. The topological polar surface area (TPSA) is 40.7 Å². The van der Waals surface area contributed by atoms with E-state index in [1.165, 1.54) is 22.3 Å². The average Bonchev–Trinajstić information content (AvgIpc) is 2.63. The summed E-state index contributed by atoms with van der Waals surface area (Å²) in [6.07, 6.45) is 1.88. The Hall–Kier alpha value is -1.61. The van der Waals surface area contributed by atoms with Crippen molar-refractivity contribution in [3.05, 3.63) is 52.3 Å². The summed E-state index contributed by atoms with van der Waals surface area (Å²) in [6.45, 7) is 8.07. The standard InChI is InChI=1S/C14H19N3/c1-10-4-11(2)6-13(5-10)7-15-8-14-9-16-17-12(14)3/h4-6,9,15H,7-8H2,1-3H3,(H,16,17). The summed E-state index contributed by atoms with van der Waals surface area (Å²) in [7, 11) is 0. The molecule has 0 saturated heterocycles. The maximum absolute atomic E-state index is 4.01. The highest BCUT2D eigenvalue weighted by Gasteiger charge is 2.00. The minimum atomic E-state index is 0.856. The maximum atomic E-state index is 4.01. The molecule has 0 fully saturated rings. The molecule has 2 aromatic rings. The lowest BCUT2D eigenvalue weighted by molar-refractivity contribution is 0.690. The molecule has 0 spiro atoms. The van der Waals surface area contributed by atoms with Crippen LogP contribution in [0.5, 0.6) is 0 Å². The second-order valence-electron chi connectivity index (χ2n) is 4.62. The molecule has 90 valence electrons. The Labute approximate surface area is 102 Å². The van der Waals surface area contributed by atoms with Gasteiger partial charge in [0.1, 0.15) is 0 Å². The lowest BCUT2D eigenvalue weighted by atomic mass is 10.1. The highest BCUT2D eigenvalue weighted by Crippen LogP contribution is 2.09. The van der Waals surface area contributed by atoms with Crippen molar-refractivity contribution in [1.29, 1.82) is 0 Å². The molecule has 0 aliphatic carbocycles. The Bertz CT molecular complexity index is 480. The number of benzene rings is 1. The fourth-order valence-electron chi connectivity index (χ4n) is 2.07. The van der Waals surface area contributed by atoms with Gasteiger partial charge in [-0.05, 0) is 26.3 Å². The zero-order valence-corrected chi connectivity index (χ0v) is 10.7. The second kappa shape index (κ2) is 5.15. The summed E-state index contributed by atoms with van der Waals surface area (Å²) in [5.41, 5.74) is 6.35. The van der Waals surface area contributed by atoms with Crippen LogP contribution in [0.3, 0.4) is 0 Å². The van der Waals surface area contributed by atoms with Crippen LogP contribution in [0.1, 0.15) is 27.9 Å². The maximum Gasteiger partial charge on any atom is 0.0535 e. The van der Waals surface area contributed by atoms with Crippen molar-refractivity contribution < 1.29 is 0 Å². The Morgan fingerprint density at radius 3 is 2.35 bits per heavy atom. The number of H-pyrrole nitrogens is 1. The summed E-state index contributed by atoms with van der Waals surface area (Å²) in [5.74, 6) is 0. The van der Waals surface area contributed by atoms with Crippen LogP contribution in [0, 0.1) is 20.8 Å². The third kappa shape index (κ3) is 3.17. The highest BCUT2D eigenvalue weighted by molar-refractivity contribution is 5.28. The number of hydrogen-bond donors (Lipinski definition) is 2. The predicted octanol–water partition coefficient (Wildman–Crippen LogP) is 2.62. The minimum Gasteiger partial charge on any atom is -0.308 e. The van der Waals surface area contributed by atoms with E-state index in [0.717, 1.165) is 18.8 Å². The average molecular weight is 229 g/mol. The van der Waals surface area contributed by atoms with Gasteiger partial charge in [-0.15, -0.1) is 0 Å². The van der Waals surface area contributed by atoms with Crippen LogP contribution in [0.15, 0.2) is 24.4 Å². The summed E-state index contributed by atoms with van der Waals surface area (Å²) < 4.78 is 0. The van der Waals surface area contributed by atoms with Crippen molar-refractivity contribution in [2.45, 2.75) is 33.9 Å². The van der Waals surface area contributed by atoms with E-state index in [0.29, 0.717) is 0 Å². The lowest BCUT2D eigenvalue weighted by Gasteiger charge is -2.06. The van der Waals surface area contributed by atoms with Crippen molar-refractivity contribution in [3.63, 3.8) is 0 Å². The van der Waals surface area contributed by atoms with E-state index >= 15 is 0 Å². The summed E-state index contributed by atoms with van der Waals surface area (Å²) in [5, 5.41) is 10.4. The Balaban J connectivity index is 1.92. The van der Waals surface area contributed by atoms with E-state index in [1.807, 2.05) is 13.1 Å². The zero-order chi connectivity index (χ0) is 12.3. The molecule has 0 unspecified atom stereocenters. The first kappa shape index (κ1) is 11.9. The predicted molar refractivity (Wildman–Crippen MR) is 69.8 cm³/mol. The molecule has 0 amide bonds. The van der Waals surface area contributed by atoms with Crippen LogP contribution >= 0.6 is 0 Å². The Morgan fingerprint density at radius 2 is 1.76 bits per heavy atom. The van der Waals surface area contributed by atoms with Gasteiger partial charge in [0.05, 0.1) is 6.20 Å². The van der Waals surface area contributed by atoms with Gasteiger partial charge >= 0.3 is 0 Å². The first-order valence-electron chi connectivity index (χ1n) is 5.92. The summed E-state index contributed by atoms with van der Waals surface area (Å²) in [6, 6.07) is 6.65. The van der Waals surface area contributed by atoms with E-state index < -0.39 is 0 Å². The summed E-state index contributed by atoms with van der Waals surface area (Å²) in [4.78, 5) is 0. The highest BCUT2D eigenvalue weighted by atomic mass is 15.1. The van der Waals surface area contributed by atoms with Gasteiger partial charge in [0, 0.05) is 24.3 Å². The molecule has 3 nitrogen and oxygen atoms in total. The van der Waals surface area contributed by atoms with Gasteiger partial charge in [-0.1, -0.05) is 29.3 Å². The van der Waals surface area contributed by atoms with Crippen LogP contribution in [0.2, 0.25) is 0 Å². The van der Waals surface area contributed by atoms with Gasteiger partial charge in [0.2, 0.25) is 0 Å². The van der Waals surface area contributed by atoms with Crippen LogP contribution in [0.25, 0.3) is 0 Å². The monoisotopic (exact) mass is 229 g/mol. The number of aromatic amines is 1. The molecule has 0 radical (unpaired) electrons. The molecule has 1 heterocycles. The Kier molecular flexibility index (Phi) is 3.59. The van der Waals surface area contributed by atoms with Gasteiger partial charge in [-0.25, -0.2) is 0 Å². The molecular formula is C14H19N3. The van der Waals surface area contributed by atoms with Gasteiger partial charge in [0.15, 0.2) is 0 Å². The fraction of sp³-hybridized carbons (Fsp3) is 0.357. The van der Waals surface area contributed by atoms with Crippen LogP contribution in [-0.4, -0.2) is 10.2 Å². The molecule has 0 aliphatic rings. The van der Waals surface area contributed by atoms with Crippen molar-refractivity contribution in [1.82, 2.24) is 15.5 Å². The minimum absolute atomic E-state index is 0.856. The number of aromatic nitrogens is 2. The first-order chi connectivity index (χ1) is 8.15. The van der Waals surface area contributed by atoms with Crippen molar-refractivity contribution >= 4 is 0 Å². The van der Waals surface area contributed by atoms with Crippen molar-refractivity contribution in [3.8, 4) is 0 Å². The molecule has 1 aromatic carbocycles. The van der Waals surface area contributed by atoms with Gasteiger partial charge in [-0.2, -0.15) is 5.10 Å². The Morgan fingerprint density at radius 1 is 1.06 bits per heavy atom. The van der Waals surface area contributed by atoms with E-state index in [9.17, 15) is 0 Å². The molecule has 1 aromatic heterocycles. The quantitative estimate of drug-likeness (QED) is 0.846. The molecule has 0 aliphatic heterocycles. The fourth-order valence-corrected chi connectivity index (χ4v) is 2.07. The van der Waals surface area contributed by atoms with Gasteiger partial charge in [-0.3, -0.25) is 5.10 Å². The molecule has 0 atom stereocenters. The van der Waals surface area contributed by atoms with Crippen molar-refractivity contribution in [2.24, 2.45) is 0 Å². The van der Waals surface area contributed by atoms with E-state index in [2.05, 4.69) is 47.6 Å². The zero-order valence-electron chi connectivity index (χ0n) is 10.7. The molecule has 3 heteroatoms. The van der Waals surface area contributed by atoms with E-state index in [4.69, 9.17) is 0 Å². The molecule has 2 rings (SSSR count). The second-order valence-corrected chi connectivity index (χ2v) is 4.62. The number of hydrogen-bond acceptors (Lipinski definition) is 2. The van der Waals surface area contributed by atoms with Gasteiger partial charge < -0.3 is 5.32 Å². The molecule has 0 bridgehead atoms. The normalized spacial score (nSPS) is 10.8. The molecule has 2 N–H and O–H groups in total. The lowest BCUT2D eigenvalue weighted by Crippen LogP contribution is -2.13. The third-order valence-electron chi connectivity index (χ3n) is 2.86. The first-order valence-corrected chi connectivity index (χ1v) is 5.92. The van der Waals surface area contributed by atoms with Crippen LogP contribution < -0.4 is 5.32 Å². The largest absolute Gasteiger partial charge is 0.308 e. The number of rotatable bonds is 4. The van der Waals surface area contributed by atoms with Crippen LogP contribution in [-0.2, 0) is 13.1 Å². The number of nitrogens with one attached hydrogen (secondary N) is 2. The van der Waals surface area contributed by atoms with E-state index in [-0.39, 0.29) is 0 Å². The van der Waals surface area contributed by atoms with E-state index in [1.54, 1.807) is 0 Å². The summed E-state index contributed by atoms with van der Waals surface area (Å²) >= 11 is 0. The van der Waals surface area contributed by atoms with Crippen LogP contribution in [0.4, 0.5) is 0 Å². The van der Waals surface area contributed by atoms with Gasteiger partial charge in [0.25, 0.3) is 0 Å². The molecule has 0 saturated carbocycles. The smallest absolute Gasteiger partial charge is 0.0535 e. The molecule has 17 heavy (non-hydrogen) atoms. The molecular weight excluding hydrogens is 210 g/mol. The number of aryl methyl sites for hydroxylation is 3.